The zero-order chi connectivity index (χ0) is 8.43. The number of anilines is 1. The Morgan fingerprint density at radius 1 is 1.73 bits per heavy atom. The lowest BCUT2D eigenvalue weighted by molar-refractivity contribution is 0.390. The number of nitrogens with zero attached hydrogens (tertiary/aromatic N) is 1. The molecular formula is C6H11N3O2. The van der Waals surface area contributed by atoms with E-state index < -0.39 is 5.63 Å². The second-order valence-corrected chi connectivity index (χ2v) is 2.55. The minimum absolute atomic E-state index is 0.128. The highest BCUT2D eigenvalue weighted by Gasteiger charge is 2.07. The Morgan fingerprint density at radius 2 is 2.36 bits per heavy atom. The first-order chi connectivity index (χ1) is 5.11. The molecule has 0 spiro atoms. The summed E-state index contributed by atoms with van der Waals surface area (Å²) in [5.41, 5.74) is -0.420. The van der Waals surface area contributed by atoms with Gasteiger partial charge in [0.05, 0.1) is 6.07 Å². The molecule has 5 nitrogen and oxygen atoms in total. The normalized spacial score (nSPS) is 10.5. The molecule has 0 saturated carbocycles. The van der Waals surface area contributed by atoms with Gasteiger partial charge in [0.15, 0.2) is 5.82 Å². The predicted octanol–water partition coefficient (Wildman–Crippen LogP) is 0.0564. The van der Waals surface area contributed by atoms with Crippen LogP contribution < -0.4 is 16.5 Å². The number of aromatic amines is 1. The average Bonchev–Trinajstić information content (AvgIpc) is 2.34. The van der Waals surface area contributed by atoms with E-state index >= 15 is 0 Å². The number of nitrogens with two attached hydrogens (primary N) is 1. The first kappa shape index (κ1) is 7.87. The maximum absolute atomic E-state index is 10.5. The van der Waals surface area contributed by atoms with Crippen LogP contribution in [0.2, 0.25) is 0 Å². The van der Waals surface area contributed by atoms with Gasteiger partial charge in [-0.25, -0.2) is 15.8 Å². The van der Waals surface area contributed by atoms with Gasteiger partial charge in [-0.1, -0.05) is 0 Å². The molecule has 1 aromatic heterocycles. The monoisotopic (exact) mass is 157 g/mol. The summed E-state index contributed by atoms with van der Waals surface area (Å²) in [6, 6.07) is 1.43. The smallest absolute Gasteiger partial charge is 0.337 e. The maximum atomic E-state index is 10.5. The molecule has 0 saturated heterocycles. The summed E-state index contributed by atoms with van der Waals surface area (Å²) in [6.45, 7) is 3.82. The van der Waals surface area contributed by atoms with E-state index in [9.17, 15) is 4.79 Å². The minimum Gasteiger partial charge on any atom is -0.337 e. The Hall–Kier alpha value is -1.23. The molecule has 0 amide bonds. The van der Waals surface area contributed by atoms with Gasteiger partial charge < -0.3 is 4.52 Å². The molecule has 62 valence electrons. The van der Waals surface area contributed by atoms with Gasteiger partial charge >= 0.3 is 5.63 Å². The molecule has 0 aliphatic rings. The van der Waals surface area contributed by atoms with Crippen LogP contribution in [0.15, 0.2) is 15.4 Å². The van der Waals surface area contributed by atoms with Crippen molar-refractivity contribution in [3.8, 4) is 0 Å². The third-order valence-electron chi connectivity index (χ3n) is 1.35. The zero-order valence-electron chi connectivity index (χ0n) is 6.50. The van der Waals surface area contributed by atoms with Crippen LogP contribution in [0.4, 0.5) is 5.82 Å². The zero-order valence-corrected chi connectivity index (χ0v) is 6.50. The molecule has 1 rings (SSSR count). The van der Waals surface area contributed by atoms with Crippen LogP contribution in [-0.4, -0.2) is 11.2 Å². The maximum Gasteiger partial charge on any atom is 0.359 e. The SMILES string of the molecule is CC(C)N(N)c1cc(=O)o[nH]1. The predicted molar refractivity (Wildman–Crippen MR) is 41.1 cm³/mol. The fourth-order valence-electron chi connectivity index (χ4n) is 0.679. The van der Waals surface area contributed by atoms with Gasteiger partial charge in [-0.05, 0) is 13.8 Å². The molecule has 0 aliphatic carbocycles. The molecule has 0 bridgehead atoms. The highest BCUT2D eigenvalue weighted by Crippen LogP contribution is 2.05. The van der Waals surface area contributed by atoms with E-state index in [1.807, 2.05) is 13.8 Å². The Morgan fingerprint density at radius 3 is 2.73 bits per heavy atom. The molecule has 0 aliphatic heterocycles. The number of rotatable bonds is 2. The number of aromatic nitrogens is 1. The van der Waals surface area contributed by atoms with Crippen LogP contribution in [0.25, 0.3) is 0 Å². The summed E-state index contributed by atoms with van der Waals surface area (Å²) < 4.78 is 4.43. The van der Waals surface area contributed by atoms with E-state index in [2.05, 4.69) is 9.68 Å². The highest BCUT2D eigenvalue weighted by atomic mass is 16.5. The van der Waals surface area contributed by atoms with Crippen LogP contribution in [0, 0.1) is 0 Å². The second kappa shape index (κ2) is 2.79. The van der Waals surface area contributed by atoms with Crippen molar-refractivity contribution in [3.63, 3.8) is 0 Å². The largest absolute Gasteiger partial charge is 0.359 e. The van der Waals surface area contributed by atoms with E-state index in [1.165, 1.54) is 11.1 Å². The lowest BCUT2D eigenvalue weighted by Crippen LogP contribution is -2.37. The van der Waals surface area contributed by atoms with Crippen LogP contribution in [-0.2, 0) is 0 Å². The summed E-state index contributed by atoms with van der Waals surface area (Å²) in [6.07, 6.45) is 0. The lowest BCUT2D eigenvalue weighted by Gasteiger charge is -2.19. The molecule has 5 heteroatoms. The van der Waals surface area contributed by atoms with Crippen molar-refractivity contribution in [2.45, 2.75) is 19.9 Å². The van der Waals surface area contributed by atoms with Crippen molar-refractivity contribution in [2.75, 3.05) is 5.01 Å². The van der Waals surface area contributed by atoms with Crippen molar-refractivity contribution in [3.05, 3.63) is 16.5 Å². The topological polar surface area (TPSA) is 75.3 Å². The fourth-order valence-corrected chi connectivity index (χ4v) is 0.679. The minimum atomic E-state index is -0.420. The quantitative estimate of drug-likeness (QED) is 0.470. The molecular weight excluding hydrogens is 146 g/mol. The first-order valence-electron chi connectivity index (χ1n) is 3.33. The number of nitrogens with one attached hydrogen (secondary N) is 1. The van der Waals surface area contributed by atoms with Crippen molar-refractivity contribution in [2.24, 2.45) is 5.84 Å². The van der Waals surface area contributed by atoms with Gasteiger partial charge in [0.2, 0.25) is 0 Å². The van der Waals surface area contributed by atoms with Crippen LogP contribution in [0.1, 0.15) is 13.8 Å². The molecule has 0 atom stereocenters. The molecule has 0 aromatic carbocycles. The fraction of sp³-hybridized carbons (Fsp3) is 0.500. The lowest BCUT2D eigenvalue weighted by atomic mass is 10.4. The van der Waals surface area contributed by atoms with Crippen LogP contribution in [0.3, 0.4) is 0 Å². The summed E-state index contributed by atoms with van der Waals surface area (Å²) in [5, 5.41) is 3.82. The van der Waals surface area contributed by atoms with E-state index in [4.69, 9.17) is 5.84 Å². The number of hydrogen-bond acceptors (Lipinski definition) is 4. The summed E-state index contributed by atoms with van der Waals surface area (Å²) in [4.78, 5) is 10.5. The summed E-state index contributed by atoms with van der Waals surface area (Å²) >= 11 is 0. The van der Waals surface area contributed by atoms with E-state index in [1.54, 1.807) is 0 Å². The Labute approximate surface area is 63.7 Å². The first-order valence-corrected chi connectivity index (χ1v) is 3.33. The summed E-state index contributed by atoms with van der Waals surface area (Å²) in [7, 11) is 0. The van der Waals surface area contributed by atoms with Crippen molar-refractivity contribution in [1.29, 1.82) is 0 Å². The third-order valence-corrected chi connectivity index (χ3v) is 1.35. The number of H-pyrrole nitrogens is 1. The molecule has 0 radical (unpaired) electrons. The molecule has 3 N–H and O–H groups in total. The Balaban J connectivity index is 2.84. The number of hydrogen-bond donors (Lipinski definition) is 2. The number of hydrazine groups is 1. The third kappa shape index (κ3) is 1.62. The van der Waals surface area contributed by atoms with Crippen molar-refractivity contribution in [1.82, 2.24) is 5.16 Å². The van der Waals surface area contributed by atoms with Gasteiger partial charge in [-0.15, -0.1) is 0 Å². The van der Waals surface area contributed by atoms with Crippen molar-refractivity contribution < 1.29 is 4.52 Å². The Bertz CT molecular complexity index is 275. The molecule has 1 heterocycles. The molecule has 1 aromatic rings. The van der Waals surface area contributed by atoms with Gasteiger partial charge in [-0.3, -0.25) is 5.01 Å². The molecule has 11 heavy (non-hydrogen) atoms. The van der Waals surface area contributed by atoms with Gasteiger partial charge in [-0.2, -0.15) is 0 Å². The Kier molecular flexibility index (Phi) is 2.00. The second-order valence-electron chi connectivity index (χ2n) is 2.55. The van der Waals surface area contributed by atoms with E-state index in [0.717, 1.165) is 0 Å². The van der Waals surface area contributed by atoms with Gasteiger partial charge in [0.25, 0.3) is 0 Å². The van der Waals surface area contributed by atoms with Gasteiger partial charge in [0, 0.05) is 6.04 Å². The summed E-state index contributed by atoms with van der Waals surface area (Å²) in [5.74, 6) is 6.05. The van der Waals surface area contributed by atoms with Crippen molar-refractivity contribution >= 4 is 5.82 Å². The highest BCUT2D eigenvalue weighted by molar-refractivity contribution is 5.33. The average molecular weight is 157 g/mol. The van der Waals surface area contributed by atoms with Crippen LogP contribution >= 0.6 is 0 Å². The molecule has 0 fully saturated rings. The van der Waals surface area contributed by atoms with Crippen LogP contribution in [0.5, 0.6) is 0 Å². The standard InChI is InChI=1S/C6H11N3O2/c1-4(2)9(7)5-3-6(10)11-8-5/h3-4,8H,7H2,1-2H3. The van der Waals surface area contributed by atoms with E-state index in [0.29, 0.717) is 5.82 Å². The molecule has 0 unspecified atom stereocenters. The van der Waals surface area contributed by atoms with Gasteiger partial charge in [0.1, 0.15) is 0 Å². The van der Waals surface area contributed by atoms with E-state index in [-0.39, 0.29) is 6.04 Å².